The Morgan fingerprint density at radius 3 is 2.68 bits per heavy atom. The summed E-state index contributed by atoms with van der Waals surface area (Å²) in [7, 11) is 0. The van der Waals surface area contributed by atoms with Crippen LogP contribution in [-0.2, 0) is 22.6 Å². The van der Waals surface area contributed by atoms with Gasteiger partial charge in [-0.1, -0.05) is 48.5 Å². The molecule has 2 aliphatic heterocycles. The summed E-state index contributed by atoms with van der Waals surface area (Å²) < 4.78 is 5.72. The summed E-state index contributed by atoms with van der Waals surface area (Å²) in [5, 5.41) is 3.52. The average Bonchev–Trinajstić information content (AvgIpc) is 2.90. The van der Waals surface area contributed by atoms with Crippen molar-refractivity contribution < 1.29 is 19.1 Å². The zero-order valence-corrected chi connectivity index (χ0v) is 17.5. The monoisotopic (exact) mass is 422 g/mol. The molecule has 2 aliphatic rings. The molecule has 1 atom stereocenters. The van der Waals surface area contributed by atoms with Crippen LogP contribution in [0.4, 0.5) is 4.79 Å². The number of nitrogens with zero attached hydrogens (tertiary/aromatic N) is 2. The van der Waals surface area contributed by atoms with Gasteiger partial charge in [-0.3, -0.25) is 19.9 Å². The Bertz CT molecular complexity index is 981. The van der Waals surface area contributed by atoms with Gasteiger partial charge in [0.15, 0.2) is 0 Å². The summed E-state index contributed by atoms with van der Waals surface area (Å²) >= 11 is 0. The molecule has 0 spiro atoms. The summed E-state index contributed by atoms with van der Waals surface area (Å²) in [5.41, 5.74) is 3.49. The average molecular weight is 422 g/mol. The Morgan fingerprint density at radius 1 is 1.13 bits per heavy atom. The minimum absolute atomic E-state index is 0.0511. The third kappa shape index (κ3) is 4.69. The van der Waals surface area contributed by atoms with Gasteiger partial charge < -0.3 is 10.1 Å². The van der Waals surface area contributed by atoms with Gasteiger partial charge in [-0.25, -0.2) is 4.79 Å². The molecule has 0 radical (unpaired) electrons. The number of benzene rings is 2. The van der Waals surface area contributed by atoms with Crippen LogP contribution in [0.3, 0.4) is 0 Å². The van der Waals surface area contributed by atoms with Gasteiger partial charge in [0.05, 0.1) is 6.54 Å². The van der Waals surface area contributed by atoms with Crippen LogP contribution < -0.4 is 15.5 Å². The lowest BCUT2D eigenvalue weighted by Gasteiger charge is -2.23. The highest BCUT2D eigenvalue weighted by atomic mass is 16.5. The van der Waals surface area contributed by atoms with Crippen LogP contribution in [0.5, 0.6) is 5.75 Å². The topological polar surface area (TPSA) is 91.0 Å². The second-order valence-electron chi connectivity index (χ2n) is 8.09. The molecule has 2 N–H and O–H groups in total. The molecule has 1 fully saturated rings. The number of urea groups is 1. The standard InChI is InChI=1S/C23H26N4O4/c1-23(12-11-17-7-3-2-4-8-17)21(29)27(22(30)24-23)25-20(28)16-26-13-14-31-19-10-6-5-9-18(19)15-26/h2-10H,11-16H2,1H3,(H,24,30)(H,25,28). The number of para-hydroxylation sites is 1. The zero-order chi connectivity index (χ0) is 21.8. The minimum atomic E-state index is -1.06. The van der Waals surface area contributed by atoms with E-state index in [1.54, 1.807) is 6.92 Å². The second-order valence-corrected chi connectivity index (χ2v) is 8.09. The highest BCUT2D eigenvalue weighted by Crippen LogP contribution is 2.23. The van der Waals surface area contributed by atoms with E-state index in [9.17, 15) is 14.4 Å². The Labute approximate surface area is 181 Å². The van der Waals surface area contributed by atoms with Gasteiger partial charge in [0, 0.05) is 18.7 Å². The van der Waals surface area contributed by atoms with Crippen LogP contribution in [0.25, 0.3) is 0 Å². The molecule has 0 bridgehead atoms. The van der Waals surface area contributed by atoms with Gasteiger partial charge in [-0.15, -0.1) is 0 Å². The fourth-order valence-electron chi connectivity index (χ4n) is 3.87. The quantitative estimate of drug-likeness (QED) is 0.694. The molecule has 4 amide bonds. The van der Waals surface area contributed by atoms with Gasteiger partial charge in [-0.2, -0.15) is 5.01 Å². The third-order valence-corrected chi connectivity index (χ3v) is 5.65. The summed E-state index contributed by atoms with van der Waals surface area (Å²) in [6.45, 7) is 3.32. The Balaban J connectivity index is 1.35. The fraction of sp³-hybridized carbons (Fsp3) is 0.348. The van der Waals surface area contributed by atoms with Gasteiger partial charge in [0.1, 0.15) is 17.9 Å². The molecule has 162 valence electrons. The number of rotatable bonds is 6. The first-order valence-electron chi connectivity index (χ1n) is 10.4. The van der Waals surface area contributed by atoms with Crippen molar-refractivity contribution in [3.05, 3.63) is 65.7 Å². The number of hydrazine groups is 1. The van der Waals surface area contributed by atoms with E-state index in [1.807, 2.05) is 59.5 Å². The number of hydrogen-bond acceptors (Lipinski definition) is 5. The van der Waals surface area contributed by atoms with Gasteiger partial charge in [0.25, 0.3) is 11.8 Å². The van der Waals surface area contributed by atoms with Crippen LogP contribution in [-0.4, -0.2) is 53.0 Å². The van der Waals surface area contributed by atoms with Gasteiger partial charge in [0.2, 0.25) is 0 Å². The lowest BCUT2D eigenvalue weighted by atomic mass is 9.93. The molecule has 1 unspecified atom stereocenters. The van der Waals surface area contributed by atoms with Crippen LogP contribution in [0, 0.1) is 0 Å². The molecule has 0 aliphatic carbocycles. The predicted octanol–water partition coefficient (Wildman–Crippen LogP) is 1.86. The highest BCUT2D eigenvalue weighted by molar-refractivity contribution is 6.07. The van der Waals surface area contributed by atoms with E-state index in [-0.39, 0.29) is 6.54 Å². The summed E-state index contributed by atoms with van der Waals surface area (Å²) in [6, 6.07) is 16.8. The van der Waals surface area contributed by atoms with Crippen molar-refractivity contribution in [3.8, 4) is 5.75 Å². The number of ether oxygens (including phenoxy) is 1. The number of aryl methyl sites for hydroxylation is 1. The number of imide groups is 1. The number of fused-ring (bicyclic) bond motifs is 1. The zero-order valence-electron chi connectivity index (χ0n) is 17.5. The van der Waals surface area contributed by atoms with E-state index in [2.05, 4.69) is 10.7 Å². The highest BCUT2D eigenvalue weighted by Gasteiger charge is 2.48. The molecule has 2 heterocycles. The number of amides is 4. The van der Waals surface area contributed by atoms with Crippen molar-refractivity contribution in [2.75, 3.05) is 19.7 Å². The minimum Gasteiger partial charge on any atom is -0.492 e. The van der Waals surface area contributed by atoms with E-state index in [1.165, 1.54) is 0 Å². The first-order valence-corrected chi connectivity index (χ1v) is 10.4. The first kappa shape index (κ1) is 20.9. The molecule has 8 heteroatoms. The van der Waals surface area contributed by atoms with Crippen LogP contribution in [0.15, 0.2) is 54.6 Å². The van der Waals surface area contributed by atoms with Crippen molar-refractivity contribution in [2.45, 2.75) is 31.8 Å². The van der Waals surface area contributed by atoms with Crippen LogP contribution in [0.2, 0.25) is 0 Å². The lowest BCUT2D eigenvalue weighted by molar-refractivity contribution is -0.139. The van der Waals surface area contributed by atoms with Crippen molar-refractivity contribution in [2.24, 2.45) is 0 Å². The summed E-state index contributed by atoms with van der Waals surface area (Å²) in [4.78, 5) is 39.8. The van der Waals surface area contributed by atoms with E-state index in [0.29, 0.717) is 32.5 Å². The molecule has 0 saturated carbocycles. The molecule has 4 rings (SSSR count). The number of carbonyl (C=O) groups is 3. The molecule has 2 aromatic carbocycles. The maximum Gasteiger partial charge on any atom is 0.344 e. The van der Waals surface area contributed by atoms with Crippen LogP contribution in [0.1, 0.15) is 24.5 Å². The largest absolute Gasteiger partial charge is 0.492 e. The van der Waals surface area contributed by atoms with E-state index < -0.39 is 23.4 Å². The molecular weight excluding hydrogens is 396 g/mol. The van der Waals surface area contributed by atoms with Gasteiger partial charge >= 0.3 is 6.03 Å². The molecule has 0 aromatic heterocycles. The SMILES string of the molecule is CC1(CCc2ccccc2)NC(=O)N(NC(=O)CN2CCOc3ccccc3C2)C1=O. The number of carbonyl (C=O) groups excluding carboxylic acids is 3. The number of hydrogen-bond donors (Lipinski definition) is 2. The molecule has 8 nitrogen and oxygen atoms in total. The molecule has 1 saturated heterocycles. The molecular formula is C23H26N4O4. The lowest BCUT2D eigenvalue weighted by Crippen LogP contribution is -2.51. The Hall–Kier alpha value is -3.39. The van der Waals surface area contributed by atoms with Crippen molar-refractivity contribution in [1.29, 1.82) is 0 Å². The van der Waals surface area contributed by atoms with E-state index >= 15 is 0 Å². The normalized spacial score (nSPS) is 21.1. The molecule has 31 heavy (non-hydrogen) atoms. The van der Waals surface area contributed by atoms with Crippen molar-refractivity contribution in [3.63, 3.8) is 0 Å². The fourth-order valence-corrected chi connectivity index (χ4v) is 3.87. The van der Waals surface area contributed by atoms with E-state index in [4.69, 9.17) is 4.74 Å². The summed E-state index contributed by atoms with van der Waals surface area (Å²) in [5.74, 6) is -0.0600. The smallest absolute Gasteiger partial charge is 0.344 e. The van der Waals surface area contributed by atoms with Crippen molar-refractivity contribution >= 4 is 17.8 Å². The maximum atomic E-state index is 12.9. The van der Waals surface area contributed by atoms with Crippen molar-refractivity contribution in [1.82, 2.24) is 20.7 Å². The van der Waals surface area contributed by atoms with Gasteiger partial charge in [-0.05, 0) is 31.4 Å². The second kappa shape index (κ2) is 8.77. The first-order chi connectivity index (χ1) is 14.9. The van der Waals surface area contributed by atoms with Crippen LogP contribution >= 0.6 is 0 Å². The Morgan fingerprint density at radius 2 is 1.87 bits per heavy atom. The van der Waals surface area contributed by atoms with E-state index in [0.717, 1.165) is 21.9 Å². The third-order valence-electron chi connectivity index (χ3n) is 5.65. The number of nitrogens with one attached hydrogen (secondary N) is 2. The summed E-state index contributed by atoms with van der Waals surface area (Å²) in [6.07, 6.45) is 1.08. The predicted molar refractivity (Wildman–Crippen MR) is 114 cm³/mol. The Kier molecular flexibility index (Phi) is 5.90. The molecule has 2 aromatic rings. The maximum absolute atomic E-state index is 12.9.